The lowest BCUT2D eigenvalue weighted by Crippen LogP contribution is -2.35. The molecule has 3 aromatic rings. The zero-order valence-corrected chi connectivity index (χ0v) is 18.1. The number of H-pyrrole nitrogens is 1. The third-order valence-corrected chi connectivity index (χ3v) is 4.38. The molecule has 0 aliphatic rings. The van der Waals surface area contributed by atoms with Crippen LogP contribution in [0.5, 0.6) is 11.6 Å². The van der Waals surface area contributed by atoms with Gasteiger partial charge in [-0.1, -0.05) is 30.3 Å². The molecule has 0 saturated carbocycles. The second kappa shape index (κ2) is 10.9. The Morgan fingerprint density at radius 3 is 2.58 bits per heavy atom. The molecule has 0 bridgehead atoms. The summed E-state index contributed by atoms with van der Waals surface area (Å²) in [6, 6.07) is 12.2. The highest BCUT2D eigenvalue weighted by atomic mass is 19.1. The second-order valence-electron chi connectivity index (χ2n) is 7.19. The number of pyridine rings is 2. The van der Waals surface area contributed by atoms with Crippen molar-refractivity contribution in [3.63, 3.8) is 0 Å². The molecule has 0 unspecified atom stereocenters. The van der Waals surface area contributed by atoms with Crippen LogP contribution >= 0.6 is 0 Å². The van der Waals surface area contributed by atoms with E-state index in [1.807, 2.05) is 30.3 Å². The van der Waals surface area contributed by atoms with Crippen molar-refractivity contribution in [1.29, 1.82) is 0 Å². The van der Waals surface area contributed by atoms with Crippen molar-refractivity contribution in [2.24, 2.45) is 0 Å². The number of aromatic nitrogens is 2. The molecule has 3 N–H and O–H groups in total. The number of nitrogens with zero attached hydrogens (tertiary/aromatic N) is 1. The molecule has 2 aromatic heterocycles. The van der Waals surface area contributed by atoms with Gasteiger partial charge in [0.2, 0.25) is 23.0 Å². The predicted octanol–water partition coefficient (Wildman–Crippen LogP) is 2.64. The molecule has 1 aromatic carbocycles. The number of carbonyl (C=O) groups excluding carboxylic acids is 2. The highest BCUT2D eigenvalue weighted by Gasteiger charge is 2.17. The van der Waals surface area contributed by atoms with E-state index < -0.39 is 29.1 Å². The third kappa shape index (κ3) is 6.63. The van der Waals surface area contributed by atoms with Crippen LogP contribution in [-0.2, 0) is 11.4 Å². The van der Waals surface area contributed by atoms with Crippen LogP contribution in [0.25, 0.3) is 0 Å². The van der Waals surface area contributed by atoms with Crippen LogP contribution < -0.4 is 25.5 Å². The van der Waals surface area contributed by atoms with Gasteiger partial charge in [0.15, 0.2) is 0 Å². The Morgan fingerprint density at radius 1 is 1.15 bits per heavy atom. The molecule has 172 valence electrons. The summed E-state index contributed by atoms with van der Waals surface area (Å²) in [6.07, 6.45) is 2.51. The first-order valence-corrected chi connectivity index (χ1v) is 10.1. The highest BCUT2D eigenvalue weighted by molar-refractivity contribution is 6.02. The summed E-state index contributed by atoms with van der Waals surface area (Å²) in [4.78, 5) is 42.2. The van der Waals surface area contributed by atoms with E-state index in [9.17, 15) is 18.8 Å². The van der Waals surface area contributed by atoms with E-state index in [2.05, 4.69) is 20.6 Å². The van der Waals surface area contributed by atoms with Crippen LogP contribution in [-0.4, -0.2) is 34.4 Å². The lowest BCUT2D eigenvalue weighted by atomic mass is 10.2. The molecule has 0 radical (unpaired) electrons. The minimum atomic E-state index is -1.19. The van der Waals surface area contributed by atoms with Gasteiger partial charge in [-0.05, 0) is 24.6 Å². The number of hydrogen-bond donors (Lipinski definition) is 3. The third-order valence-electron chi connectivity index (χ3n) is 4.38. The average Bonchev–Trinajstić information content (AvgIpc) is 2.80. The van der Waals surface area contributed by atoms with Crippen molar-refractivity contribution < 1.29 is 23.5 Å². The van der Waals surface area contributed by atoms with Crippen molar-refractivity contribution >= 4 is 17.5 Å². The quantitative estimate of drug-likeness (QED) is 0.457. The van der Waals surface area contributed by atoms with Gasteiger partial charge in [0.1, 0.15) is 30.3 Å². The minimum Gasteiger partial charge on any atom is -0.487 e. The molecule has 0 fully saturated rings. The van der Waals surface area contributed by atoms with Gasteiger partial charge in [-0.2, -0.15) is 4.39 Å². The summed E-state index contributed by atoms with van der Waals surface area (Å²) in [5.74, 6) is -2.08. The van der Waals surface area contributed by atoms with Crippen molar-refractivity contribution in [3.05, 3.63) is 82.2 Å². The van der Waals surface area contributed by atoms with E-state index in [0.29, 0.717) is 12.4 Å². The van der Waals surface area contributed by atoms with Crippen LogP contribution in [0.15, 0.2) is 59.7 Å². The minimum absolute atomic E-state index is 0.0197. The number of carbonyl (C=O) groups is 2. The fourth-order valence-corrected chi connectivity index (χ4v) is 2.81. The number of rotatable bonds is 9. The van der Waals surface area contributed by atoms with Crippen molar-refractivity contribution in [2.75, 3.05) is 11.9 Å². The molecule has 0 saturated heterocycles. The Bertz CT molecular complexity index is 1170. The largest absolute Gasteiger partial charge is 0.487 e. The van der Waals surface area contributed by atoms with Crippen LogP contribution in [0.1, 0.15) is 29.9 Å². The number of nitrogens with one attached hydrogen (secondary N) is 3. The first-order chi connectivity index (χ1) is 15.8. The van der Waals surface area contributed by atoms with Crippen LogP contribution in [0.2, 0.25) is 0 Å². The summed E-state index contributed by atoms with van der Waals surface area (Å²) in [5.41, 5.74) is -0.345. The smallest absolute Gasteiger partial charge is 0.274 e. The van der Waals surface area contributed by atoms with E-state index in [4.69, 9.17) is 9.47 Å². The maximum Gasteiger partial charge on any atom is 0.274 e. The van der Waals surface area contributed by atoms with Crippen LogP contribution in [0.4, 0.5) is 10.1 Å². The number of hydrogen-bond acceptors (Lipinski definition) is 6. The number of aromatic amines is 1. The van der Waals surface area contributed by atoms with E-state index in [-0.39, 0.29) is 23.9 Å². The molecule has 0 aliphatic carbocycles. The van der Waals surface area contributed by atoms with Gasteiger partial charge in [-0.25, -0.2) is 4.98 Å². The fraction of sp³-hybridized carbons (Fsp3) is 0.217. The van der Waals surface area contributed by atoms with Crippen molar-refractivity contribution in [2.45, 2.75) is 26.5 Å². The first-order valence-electron chi connectivity index (χ1n) is 10.1. The number of amides is 2. The maximum absolute atomic E-state index is 14.4. The van der Waals surface area contributed by atoms with Gasteiger partial charge in [0.05, 0.1) is 12.2 Å². The molecule has 10 heteroatoms. The maximum atomic E-state index is 14.4. The van der Waals surface area contributed by atoms with Gasteiger partial charge < -0.3 is 25.1 Å². The van der Waals surface area contributed by atoms with E-state index in [0.717, 1.165) is 11.8 Å². The summed E-state index contributed by atoms with van der Waals surface area (Å²) in [5, 5.41) is 4.90. The summed E-state index contributed by atoms with van der Waals surface area (Å²) >= 11 is 0. The molecular formula is C23H23FN4O5. The van der Waals surface area contributed by atoms with Crippen LogP contribution in [0, 0.1) is 5.82 Å². The Balaban J connectivity index is 1.59. The van der Waals surface area contributed by atoms with E-state index in [1.165, 1.54) is 19.2 Å². The van der Waals surface area contributed by atoms with E-state index >= 15 is 0 Å². The zero-order valence-electron chi connectivity index (χ0n) is 18.1. The van der Waals surface area contributed by atoms with Gasteiger partial charge in [0, 0.05) is 13.1 Å². The van der Waals surface area contributed by atoms with E-state index in [1.54, 1.807) is 13.0 Å². The summed E-state index contributed by atoms with van der Waals surface area (Å²) < 4.78 is 25.2. The van der Waals surface area contributed by atoms with Gasteiger partial charge in [0.25, 0.3) is 5.91 Å². The summed E-state index contributed by atoms with van der Waals surface area (Å²) in [6.45, 7) is 3.30. The van der Waals surface area contributed by atoms with Crippen molar-refractivity contribution in [1.82, 2.24) is 15.3 Å². The van der Waals surface area contributed by atoms with Gasteiger partial charge in [-0.15, -0.1) is 0 Å². The first kappa shape index (κ1) is 23.5. The molecule has 2 amide bonds. The zero-order chi connectivity index (χ0) is 23.8. The summed E-state index contributed by atoms with van der Waals surface area (Å²) in [7, 11) is 0. The Kier molecular flexibility index (Phi) is 7.74. The normalized spacial score (nSPS) is 11.4. The highest BCUT2D eigenvalue weighted by Crippen LogP contribution is 2.15. The molecule has 0 aliphatic heterocycles. The number of ether oxygens (including phenoxy) is 2. The predicted molar refractivity (Wildman–Crippen MR) is 119 cm³/mol. The molecule has 9 nitrogen and oxygen atoms in total. The topological polar surface area (TPSA) is 122 Å². The lowest BCUT2D eigenvalue weighted by molar-refractivity contribution is -0.119. The molecule has 0 spiro atoms. The number of benzene rings is 1. The lowest BCUT2D eigenvalue weighted by Gasteiger charge is -2.14. The monoisotopic (exact) mass is 454 g/mol. The Morgan fingerprint density at radius 2 is 1.91 bits per heavy atom. The molecule has 2 heterocycles. The SMILES string of the molecule is CC(=O)N[C@@H](C)COc1[nH]cc(NC(=O)c2ccc(OCc3ccccc3)cn2)c(=O)c1F. The van der Waals surface area contributed by atoms with Gasteiger partial charge >= 0.3 is 0 Å². The fourth-order valence-electron chi connectivity index (χ4n) is 2.81. The molecular weight excluding hydrogens is 431 g/mol. The standard InChI is InChI=1S/C23H23FN4O5/c1-14(27-15(2)29)12-33-23-20(24)21(30)19(11-26-23)28-22(31)18-9-8-17(10-25-18)32-13-16-6-4-3-5-7-16/h3-11,14H,12-13H2,1-2H3,(H,26,30)(H,27,29)(H,28,31)/t14-/m0/s1. The Hall–Kier alpha value is -4.21. The second-order valence-corrected chi connectivity index (χ2v) is 7.19. The van der Waals surface area contributed by atoms with Gasteiger partial charge in [-0.3, -0.25) is 14.4 Å². The molecule has 1 atom stereocenters. The number of anilines is 1. The van der Waals surface area contributed by atoms with Crippen LogP contribution in [0.3, 0.4) is 0 Å². The number of halogens is 1. The average molecular weight is 454 g/mol. The van der Waals surface area contributed by atoms with Crippen molar-refractivity contribution in [3.8, 4) is 11.6 Å². The Labute approximate surface area is 189 Å². The molecule has 3 rings (SSSR count). The molecule has 33 heavy (non-hydrogen) atoms.